The van der Waals surface area contributed by atoms with Crippen LogP contribution in [0.1, 0.15) is 40.9 Å². The molecule has 1 N–H and O–H groups in total. The monoisotopic (exact) mass is 415 g/mol. The fraction of sp³-hybridized carbons (Fsp3) is 0.409. The normalized spacial score (nSPS) is 17.1. The van der Waals surface area contributed by atoms with Gasteiger partial charge < -0.3 is 10.2 Å². The molecule has 0 bridgehead atoms. The van der Waals surface area contributed by atoms with Crippen molar-refractivity contribution in [1.82, 2.24) is 14.5 Å². The number of hydrogen-bond acceptors (Lipinski definition) is 4. The number of aryl methyl sites for hydroxylation is 1. The lowest BCUT2D eigenvalue weighted by Crippen LogP contribution is -2.47. The molecule has 1 heterocycles. The van der Waals surface area contributed by atoms with E-state index in [4.69, 9.17) is 0 Å². The minimum Gasteiger partial charge on any atom is -0.345 e. The van der Waals surface area contributed by atoms with Crippen molar-refractivity contribution in [2.24, 2.45) is 0 Å². The van der Waals surface area contributed by atoms with Gasteiger partial charge in [-0.25, -0.2) is 8.42 Å². The zero-order chi connectivity index (χ0) is 21.0. The second kappa shape index (κ2) is 9.07. The molecule has 0 radical (unpaired) electrons. The van der Waals surface area contributed by atoms with Crippen molar-refractivity contribution in [3.8, 4) is 0 Å². The van der Waals surface area contributed by atoms with Crippen molar-refractivity contribution in [3.63, 3.8) is 0 Å². The van der Waals surface area contributed by atoms with Crippen LogP contribution in [-0.4, -0.2) is 56.8 Å². The van der Waals surface area contributed by atoms with Gasteiger partial charge in [-0.3, -0.25) is 4.79 Å². The van der Waals surface area contributed by atoms with Crippen LogP contribution in [0.15, 0.2) is 53.4 Å². The molecule has 2 aromatic carbocycles. The Morgan fingerprint density at radius 1 is 1.07 bits per heavy atom. The first kappa shape index (κ1) is 21.5. The summed E-state index contributed by atoms with van der Waals surface area (Å²) in [5.74, 6) is -0.256. The number of carbonyl (C=O) groups is 1. The molecule has 0 aliphatic carbocycles. The van der Waals surface area contributed by atoms with Crippen molar-refractivity contribution in [2.45, 2.75) is 31.2 Å². The van der Waals surface area contributed by atoms with E-state index in [2.05, 4.69) is 10.2 Å². The zero-order valence-electron chi connectivity index (χ0n) is 17.3. The van der Waals surface area contributed by atoms with Crippen molar-refractivity contribution in [2.75, 3.05) is 33.2 Å². The van der Waals surface area contributed by atoms with Gasteiger partial charge in [0.1, 0.15) is 0 Å². The number of rotatable bonds is 6. The van der Waals surface area contributed by atoms with E-state index in [1.807, 2.05) is 51.2 Å². The van der Waals surface area contributed by atoms with Gasteiger partial charge >= 0.3 is 0 Å². The lowest BCUT2D eigenvalue weighted by Gasteiger charge is -2.31. The number of piperazine rings is 1. The molecule has 29 heavy (non-hydrogen) atoms. The zero-order valence-corrected chi connectivity index (χ0v) is 18.1. The fourth-order valence-corrected chi connectivity index (χ4v) is 4.98. The molecular formula is C22H29N3O3S. The Morgan fingerprint density at radius 3 is 2.34 bits per heavy atom. The van der Waals surface area contributed by atoms with Gasteiger partial charge in [-0.15, -0.1) is 0 Å². The van der Waals surface area contributed by atoms with Crippen LogP contribution < -0.4 is 5.32 Å². The van der Waals surface area contributed by atoms with Gasteiger partial charge in [0, 0.05) is 31.7 Å². The van der Waals surface area contributed by atoms with E-state index >= 15 is 0 Å². The number of hydrogen-bond donors (Lipinski definition) is 1. The molecule has 7 heteroatoms. The van der Waals surface area contributed by atoms with Crippen LogP contribution in [0, 0.1) is 6.92 Å². The van der Waals surface area contributed by atoms with Crippen LogP contribution >= 0.6 is 0 Å². The van der Waals surface area contributed by atoms with Crippen LogP contribution in [0.25, 0.3) is 0 Å². The molecule has 0 saturated carbocycles. The second-order valence-electron chi connectivity index (χ2n) is 7.53. The number of amides is 1. The maximum absolute atomic E-state index is 13.1. The first-order valence-corrected chi connectivity index (χ1v) is 11.4. The molecule has 0 spiro atoms. The van der Waals surface area contributed by atoms with Crippen LogP contribution in [0.3, 0.4) is 0 Å². The highest BCUT2D eigenvalue weighted by molar-refractivity contribution is 7.89. The van der Waals surface area contributed by atoms with Gasteiger partial charge in [0.15, 0.2) is 0 Å². The van der Waals surface area contributed by atoms with Gasteiger partial charge in [-0.1, -0.05) is 43.3 Å². The third kappa shape index (κ3) is 4.86. The van der Waals surface area contributed by atoms with Crippen LogP contribution in [0.2, 0.25) is 0 Å². The average molecular weight is 416 g/mol. The highest BCUT2D eigenvalue weighted by Gasteiger charge is 2.28. The summed E-state index contributed by atoms with van der Waals surface area (Å²) < 4.78 is 27.6. The Bertz CT molecular complexity index is 953. The number of carbonyl (C=O) groups excluding carboxylic acids is 1. The third-order valence-electron chi connectivity index (χ3n) is 5.47. The van der Waals surface area contributed by atoms with Crippen molar-refractivity contribution < 1.29 is 13.2 Å². The first-order valence-electron chi connectivity index (χ1n) is 9.98. The molecule has 1 amide bonds. The van der Waals surface area contributed by atoms with E-state index in [1.54, 1.807) is 12.1 Å². The Labute approximate surface area is 173 Å². The molecule has 1 aliphatic rings. The molecular weight excluding hydrogens is 386 g/mol. The SMILES string of the molecule is CC[C@@H](NC(=O)c1cc(S(=O)(=O)N2CCN(C)CC2)ccc1C)c1ccccc1. The quantitative estimate of drug-likeness (QED) is 0.788. The molecule has 6 nitrogen and oxygen atoms in total. The largest absolute Gasteiger partial charge is 0.345 e. The maximum atomic E-state index is 13.1. The lowest BCUT2D eigenvalue weighted by atomic mass is 10.0. The molecule has 156 valence electrons. The summed E-state index contributed by atoms with van der Waals surface area (Å²) in [6.45, 7) is 6.16. The van der Waals surface area contributed by atoms with Crippen LogP contribution in [0.4, 0.5) is 0 Å². The highest BCUT2D eigenvalue weighted by Crippen LogP contribution is 2.22. The van der Waals surface area contributed by atoms with Crippen LogP contribution in [0.5, 0.6) is 0 Å². The Morgan fingerprint density at radius 2 is 1.72 bits per heavy atom. The molecule has 1 aliphatic heterocycles. The summed E-state index contributed by atoms with van der Waals surface area (Å²) in [6, 6.07) is 14.5. The summed E-state index contributed by atoms with van der Waals surface area (Å²) in [4.78, 5) is 15.3. The third-order valence-corrected chi connectivity index (χ3v) is 7.36. The van der Waals surface area contributed by atoms with E-state index in [0.29, 0.717) is 31.7 Å². The van der Waals surface area contributed by atoms with E-state index < -0.39 is 10.0 Å². The lowest BCUT2D eigenvalue weighted by molar-refractivity contribution is 0.0934. The smallest absolute Gasteiger partial charge is 0.252 e. The maximum Gasteiger partial charge on any atom is 0.252 e. The van der Waals surface area contributed by atoms with Gasteiger partial charge in [-0.2, -0.15) is 4.31 Å². The molecule has 3 rings (SSSR count). The number of benzene rings is 2. The number of sulfonamides is 1. The van der Waals surface area contributed by atoms with Gasteiger partial charge in [-0.05, 0) is 43.7 Å². The molecule has 2 aromatic rings. The van der Waals surface area contributed by atoms with E-state index in [0.717, 1.165) is 17.5 Å². The standard InChI is InChI=1S/C22H29N3O3S/c1-4-21(18-8-6-5-7-9-18)23-22(26)20-16-19(11-10-17(20)2)29(27,28)25-14-12-24(3)13-15-25/h5-11,16,21H,4,12-15H2,1-3H3,(H,23,26)/t21-/m1/s1. The van der Waals surface area contributed by atoms with Crippen molar-refractivity contribution in [3.05, 3.63) is 65.2 Å². The highest BCUT2D eigenvalue weighted by atomic mass is 32.2. The summed E-state index contributed by atoms with van der Waals surface area (Å²) >= 11 is 0. The fourth-order valence-electron chi connectivity index (χ4n) is 3.53. The number of likely N-dealkylation sites (N-methyl/N-ethyl adjacent to an activating group) is 1. The first-order chi connectivity index (χ1) is 13.8. The van der Waals surface area contributed by atoms with Gasteiger partial charge in [0.05, 0.1) is 10.9 Å². The summed E-state index contributed by atoms with van der Waals surface area (Å²) in [7, 11) is -1.64. The minimum atomic E-state index is -3.62. The molecule has 1 fully saturated rings. The molecule has 1 saturated heterocycles. The topological polar surface area (TPSA) is 69.7 Å². The predicted molar refractivity (Wildman–Crippen MR) is 114 cm³/mol. The Kier molecular flexibility index (Phi) is 6.72. The summed E-state index contributed by atoms with van der Waals surface area (Å²) in [5.41, 5.74) is 2.18. The predicted octanol–water partition coefficient (Wildman–Crippen LogP) is 2.81. The van der Waals surface area contributed by atoms with Crippen molar-refractivity contribution >= 4 is 15.9 Å². The molecule has 1 atom stereocenters. The van der Waals surface area contributed by atoms with E-state index in [1.165, 1.54) is 10.4 Å². The second-order valence-corrected chi connectivity index (χ2v) is 9.47. The van der Waals surface area contributed by atoms with Gasteiger partial charge in [0.2, 0.25) is 10.0 Å². The van der Waals surface area contributed by atoms with Gasteiger partial charge in [0.25, 0.3) is 5.91 Å². The Hall–Kier alpha value is -2.22. The molecule has 0 unspecified atom stereocenters. The summed E-state index contributed by atoms with van der Waals surface area (Å²) in [6.07, 6.45) is 0.744. The summed E-state index contributed by atoms with van der Waals surface area (Å²) in [5, 5.41) is 3.05. The minimum absolute atomic E-state index is 0.124. The van der Waals surface area contributed by atoms with Crippen molar-refractivity contribution in [1.29, 1.82) is 0 Å². The molecule has 0 aromatic heterocycles. The Balaban J connectivity index is 1.84. The van der Waals surface area contributed by atoms with E-state index in [-0.39, 0.29) is 16.8 Å². The number of nitrogens with one attached hydrogen (secondary N) is 1. The van der Waals surface area contributed by atoms with Crippen LogP contribution in [-0.2, 0) is 10.0 Å². The van der Waals surface area contributed by atoms with E-state index in [9.17, 15) is 13.2 Å². The number of nitrogens with zero attached hydrogens (tertiary/aromatic N) is 2. The average Bonchev–Trinajstić information content (AvgIpc) is 2.73.